The van der Waals surface area contributed by atoms with Gasteiger partial charge in [-0.15, -0.1) is 0 Å². The van der Waals surface area contributed by atoms with Crippen molar-refractivity contribution in [2.24, 2.45) is 12.8 Å². The number of hydrogen-bond acceptors (Lipinski definition) is 3. The second-order valence-corrected chi connectivity index (χ2v) is 5.86. The van der Waals surface area contributed by atoms with Gasteiger partial charge in [0.05, 0.1) is 6.20 Å². The van der Waals surface area contributed by atoms with Crippen molar-refractivity contribution in [3.63, 3.8) is 0 Å². The molecule has 2 aromatic rings. The Morgan fingerprint density at radius 2 is 2.21 bits per heavy atom. The van der Waals surface area contributed by atoms with E-state index in [0.29, 0.717) is 0 Å². The molecular weight excluding hydrogens is 306 g/mol. The molecule has 3 rings (SSSR count). The van der Waals surface area contributed by atoms with Crippen molar-refractivity contribution < 1.29 is 4.74 Å². The van der Waals surface area contributed by atoms with Gasteiger partial charge in [0.25, 0.3) is 0 Å². The van der Waals surface area contributed by atoms with E-state index in [9.17, 15) is 0 Å². The molecule has 0 fully saturated rings. The van der Waals surface area contributed by atoms with Gasteiger partial charge in [-0.1, -0.05) is 15.9 Å². The lowest BCUT2D eigenvalue weighted by Crippen LogP contribution is -2.24. The van der Waals surface area contributed by atoms with Crippen LogP contribution in [-0.4, -0.2) is 9.78 Å². The fourth-order valence-corrected chi connectivity index (χ4v) is 2.88. The van der Waals surface area contributed by atoms with Gasteiger partial charge in [0.15, 0.2) is 0 Å². The first kappa shape index (κ1) is 12.7. The Morgan fingerprint density at radius 3 is 2.89 bits per heavy atom. The Kier molecular flexibility index (Phi) is 3.11. The van der Waals surface area contributed by atoms with Crippen LogP contribution in [0.4, 0.5) is 0 Å². The van der Waals surface area contributed by atoms with E-state index in [0.717, 1.165) is 33.5 Å². The fourth-order valence-electron chi connectivity index (χ4n) is 2.50. The molecule has 1 unspecified atom stereocenters. The predicted molar refractivity (Wildman–Crippen MR) is 77.0 cm³/mol. The molecule has 0 saturated carbocycles. The number of ether oxygens (including phenoxy) is 1. The Hall–Kier alpha value is -1.33. The van der Waals surface area contributed by atoms with Crippen molar-refractivity contribution in [2.45, 2.75) is 25.5 Å². The fraction of sp³-hybridized carbons (Fsp3) is 0.357. The van der Waals surface area contributed by atoms with Crippen LogP contribution in [0, 0.1) is 6.92 Å². The topological polar surface area (TPSA) is 53.1 Å². The molecule has 2 atom stereocenters. The van der Waals surface area contributed by atoms with Crippen LogP contribution in [0.15, 0.2) is 28.9 Å². The lowest BCUT2D eigenvalue weighted by molar-refractivity contribution is 0.160. The maximum atomic E-state index is 6.27. The van der Waals surface area contributed by atoms with E-state index in [-0.39, 0.29) is 12.1 Å². The number of rotatable bonds is 1. The van der Waals surface area contributed by atoms with Crippen LogP contribution < -0.4 is 10.5 Å². The molecule has 0 saturated heterocycles. The van der Waals surface area contributed by atoms with Gasteiger partial charge in [0.1, 0.15) is 11.9 Å². The van der Waals surface area contributed by atoms with Crippen LogP contribution in [0.25, 0.3) is 0 Å². The molecule has 0 bridgehead atoms. The highest BCUT2D eigenvalue weighted by molar-refractivity contribution is 9.10. The largest absolute Gasteiger partial charge is 0.485 e. The summed E-state index contributed by atoms with van der Waals surface area (Å²) in [6.45, 7) is 2.05. The standard InChI is InChI=1S/C14H16BrN3O/c1-8-11(7-17-18(8)2)14-6-12(16)10-5-9(15)3-4-13(10)19-14/h3-5,7,12,14H,6,16H2,1-2H3/t12-,14?/m0/s1. The summed E-state index contributed by atoms with van der Waals surface area (Å²) in [5, 5.41) is 4.27. The second kappa shape index (κ2) is 4.65. The second-order valence-electron chi connectivity index (χ2n) is 4.94. The van der Waals surface area contributed by atoms with Crippen molar-refractivity contribution in [3.05, 3.63) is 45.7 Å². The van der Waals surface area contributed by atoms with E-state index in [2.05, 4.69) is 21.0 Å². The Bertz CT molecular complexity index is 623. The smallest absolute Gasteiger partial charge is 0.129 e. The Morgan fingerprint density at radius 1 is 1.42 bits per heavy atom. The SMILES string of the molecule is Cc1c(C2C[C@H](N)c3cc(Br)ccc3O2)cnn1C. The summed E-state index contributed by atoms with van der Waals surface area (Å²) in [5.74, 6) is 0.871. The molecular formula is C14H16BrN3O. The number of aryl methyl sites for hydroxylation is 1. The number of aromatic nitrogens is 2. The maximum Gasteiger partial charge on any atom is 0.129 e. The van der Waals surface area contributed by atoms with Crippen LogP contribution in [0.2, 0.25) is 0 Å². The van der Waals surface area contributed by atoms with Crippen LogP contribution in [-0.2, 0) is 7.05 Å². The molecule has 1 aromatic heterocycles. The lowest BCUT2D eigenvalue weighted by atomic mass is 9.94. The first-order chi connectivity index (χ1) is 9.06. The molecule has 100 valence electrons. The van der Waals surface area contributed by atoms with Gasteiger partial charge in [-0.05, 0) is 25.1 Å². The van der Waals surface area contributed by atoms with Gasteiger partial charge in [0.2, 0.25) is 0 Å². The van der Waals surface area contributed by atoms with Crippen LogP contribution in [0.5, 0.6) is 5.75 Å². The van der Waals surface area contributed by atoms with Gasteiger partial charge in [0, 0.05) is 40.8 Å². The highest BCUT2D eigenvalue weighted by Crippen LogP contribution is 2.41. The lowest BCUT2D eigenvalue weighted by Gasteiger charge is -2.30. The molecule has 5 heteroatoms. The number of hydrogen-bond donors (Lipinski definition) is 1. The van der Waals surface area contributed by atoms with Gasteiger partial charge >= 0.3 is 0 Å². The average molecular weight is 322 g/mol. The van der Waals surface area contributed by atoms with E-state index in [1.54, 1.807) is 0 Å². The summed E-state index contributed by atoms with van der Waals surface area (Å²) in [6, 6.07) is 5.97. The number of nitrogens with two attached hydrogens (primary N) is 1. The van der Waals surface area contributed by atoms with E-state index in [1.165, 1.54) is 0 Å². The third-order valence-corrected chi connectivity index (χ3v) is 4.22. The molecule has 0 radical (unpaired) electrons. The number of halogens is 1. The number of benzene rings is 1. The minimum Gasteiger partial charge on any atom is -0.485 e. The number of nitrogens with zero attached hydrogens (tertiary/aromatic N) is 2. The quantitative estimate of drug-likeness (QED) is 0.878. The molecule has 1 aliphatic heterocycles. The molecule has 19 heavy (non-hydrogen) atoms. The van der Waals surface area contributed by atoms with E-state index in [1.807, 2.05) is 43.0 Å². The molecule has 0 amide bonds. The summed E-state index contributed by atoms with van der Waals surface area (Å²) >= 11 is 3.47. The first-order valence-corrected chi connectivity index (χ1v) is 7.05. The van der Waals surface area contributed by atoms with Crippen LogP contribution in [0.3, 0.4) is 0 Å². The minimum absolute atomic E-state index is 0.00847. The Balaban J connectivity index is 1.97. The third kappa shape index (κ3) is 2.17. The zero-order chi connectivity index (χ0) is 13.6. The van der Waals surface area contributed by atoms with Crippen molar-refractivity contribution in [1.29, 1.82) is 0 Å². The van der Waals surface area contributed by atoms with E-state index in [4.69, 9.17) is 10.5 Å². The molecule has 1 aliphatic rings. The summed E-state index contributed by atoms with van der Waals surface area (Å²) in [4.78, 5) is 0. The summed E-state index contributed by atoms with van der Waals surface area (Å²) in [6.07, 6.45) is 2.63. The first-order valence-electron chi connectivity index (χ1n) is 6.26. The van der Waals surface area contributed by atoms with Gasteiger partial charge in [-0.25, -0.2) is 0 Å². The van der Waals surface area contributed by atoms with E-state index < -0.39 is 0 Å². The molecule has 0 spiro atoms. The van der Waals surface area contributed by atoms with Crippen molar-refractivity contribution in [1.82, 2.24) is 9.78 Å². The third-order valence-electron chi connectivity index (χ3n) is 3.73. The van der Waals surface area contributed by atoms with Crippen LogP contribution >= 0.6 is 15.9 Å². The Labute approximate surface area is 120 Å². The highest BCUT2D eigenvalue weighted by Gasteiger charge is 2.29. The van der Waals surface area contributed by atoms with Crippen LogP contribution in [0.1, 0.15) is 35.4 Å². The number of fused-ring (bicyclic) bond motifs is 1. The summed E-state index contributed by atoms with van der Waals surface area (Å²) in [5.41, 5.74) is 9.57. The zero-order valence-corrected chi connectivity index (χ0v) is 12.5. The van der Waals surface area contributed by atoms with Crippen molar-refractivity contribution in [2.75, 3.05) is 0 Å². The summed E-state index contributed by atoms with van der Waals surface area (Å²) in [7, 11) is 1.94. The van der Waals surface area contributed by atoms with Crippen molar-refractivity contribution >= 4 is 15.9 Å². The minimum atomic E-state index is -0.0163. The molecule has 2 heterocycles. The average Bonchev–Trinajstić information content (AvgIpc) is 2.71. The molecule has 4 nitrogen and oxygen atoms in total. The van der Waals surface area contributed by atoms with Gasteiger partial charge in [-0.3, -0.25) is 4.68 Å². The predicted octanol–water partition coefficient (Wildman–Crippen LogP) is 3.01. The molecule has 0 aliphatic carbocycles. The molecule has 1 aromatic carbocycles. The molecule has 2 N–H and O–H groups in total. The van der Waals surface area contributed by atoms with Gasteiger partial charge < -0.3 is 10.5 Å². The van der Waals surface area contributed by atoms with Crippen molar-refractivity contribution in [3.8, 4) is 5.75 Å². The summed E-state index contributed by atoms with van der Waals surface area (Å²) < 4.78 is 8.97. The van der Waals surface area contributed by atoms with Gasteiger partial charge in [-0.2, -0.15) is 5.10 Å². The maximum absolute atomic E-state index is 6.27. The normalized spacial score (nSPS) is 21.9. The zero-order valence-electron chi connectivity index (χ0n) is 10.9. The monoisotopic (exact) mass is 321 g/mol. The highest BCUT2D eigenvalue weighted by atomic mass is 79.9. The van der Waals surface area contributed by atoms with E-state index >= 15 is 0 Å².